The van der Waals surface area contributed by atoms with E-state index in [1.54, 1.807) is 55.5 Å². The number of hydrogen-bond donors (Lipinski definition) is 2. The van der Waals surface area contributed by atoms with Gasteiger partial charge in [-0.1, -0.05) is 42.5 Å². The highest BCUT2D eigenvalue weighted by Gasteiger charge is 2.35. The molecule has 36 heavy (non-hydrogen) atoms. The molecular weight excluding hydrogens is 466 g/mol. The van der Waals surface area contributed by atoms with Crippen LogP contribution < -0.4 is 10.6 Å². The molecule has 1 unspecified atom stereocenters. The summed E-state index contributed by atoms with van der Waals surface area (Å²) in [5.74, 6) is -2.03. The Balaban J connectivity index is 1.39. The van der Waals surface area contributed by atoms with Gasteiger partial charge in [0.25, 0.3) is 11.8 Å². The number of nitrogens with one attached hydrogen (secondary N) is 2. The maximum Gasteiger partial charge on any atom is 0.338 e. The molecule has 0 spiro atoms. The van der Waals surface area contributed by atoms with Crippen LogP contribution in [-0.2, 0) is 19.1 Å². The van der Waals surface area contributed by atoms with Crippen LogP contribution in [0.25, 0.3) is 0 Å². The van der Waals surface area contributed by atoms with Crippen LogP contribution in [-0.4, -0.2) is 54.4 Å². The number of esters is 2. The maximum absolute atomic E-state index is 12.7. The monoisotopic (exact) mass is 491 g/mol. The molecule has 0 fully saturated rings. The summed E-state index contributed by atoms with van der Waals surface area (Å²) >= 11 is 0. The van der Waals surface area contributed by atoms with E-state index in [4.69, 9.17) is 9.47 Å². The van der Waals surface area contributed by atoms with Crippen molar-refractivity contribution in [2.75, 3.05) is 19.8 Å². The number of ether oxygens (including phenoxy) is 2. The van der Waals surface area contributed by atoms with Crippen LogP contribution in [0.2, 0.25) is 0 Å². The van der Waals surface area contributed by atoms with Crippen LogP contribution in [0.5, 0.6) is 0 Å². The van der Waals surface area contributed by atoms with Gasteiger partial charge >= 0.3 is 18.0 Å². The van der Waals surface area contributed by atoms with Crippen LogP contribution in [0.3, 0.4) is 0 Å². The highest BCUT2D eigenvalue weighted by Crippen LogP contribution is 2.28. The number of nitrogens with zero attached hydrogens (tertiary/aromatic N) is 1. The number of urea groups is 1. The fourth-order valence-corrected chi connectivity index (χ4v) is 4.13. The van der Waals surface area contributed by atoms with Crippen LogP contribution in [0, 0.1) is 0 Å². The Morgan fingerprint density at radius 3 is 2.19 bits per heavy atom. The second kappa shape index (κ2) is 10.9. The van der Waals surface area contributed by atoms with E-state index >= 15 is 0 Å². The average Bonchev–Trinajstić information content (AvgIpc) is 3.12. The molecule has 10 nitrogen and oxygen atoms in total. The predicted octanol–water partition coefficient (Wildman–Crippen LogP) is 2.48. The van der Waals surface area contributed by atoms with Gasteiger partial charge in [-0.25, -0.2) is 9.59 Å². The first-order valence-corrected chi connectivity index (χ1v) is 11.5. The highest BCUT2D eigenvalue weighted by atomic mass is 16.5. The molecule has 4 rings (SSSR count). The van der Waals surface area contributed by atoms with Gasteiger partial charge in [0.05, 0.1) is 35.0 Å². The van der Waals surface area contributed by atoms with E-state index in [9.17, 15) is 24.0 Å². The van der Waals surface area contributed by atoms with Crippen LogP contribution in [0.1, 0.15) is 52.1 Å². The van der Waals surface area contributed by atoms with Gasteiger partial charge in [0, 0.05) is 13.0 Å². The van der Waals surface area contributed by atoms with Crippen molar-refractivity contribution in [3.63, 3.8) is 0 Å². The summed E-state index contributed by atoms with van der Waals surface area (Å²) in [6.07, 6.45) is 0.137. The quantitative estimate of drug-likeness (QED) is 0.407. The molecule has 186 valence electrons. The second-order valence-electron chi connectivity index (χ2n) is 8.13. The lowest BCUT2D eigenvalue weighted by atomic mass is 9.95. The van der Waals surface area contributed by atoms with E-state index in [1.165, 1.54) is 0 Å². The Labute approximate surface area is 207 Å². The minimum atomic E-state index is -0.776. The number of carbonyl (C=O) groups is 5. The van der Waals surface area contributed by atoms with Crippen molar-refractivity contribution < 1.29 is 33.4 Å². The normalized spacial score (nSPS) is 16.9. The molecule has 0 bridgehead atoms. The number of hydrogen-bond acceptors (Lipinski definition) is 7. The number of benzene rings is 2. The Hall–Kier alpha value is -4.47. The topological polar surface area (TPSA) is 131 Å². The molecule has 0 aromatic heterocycles. The first-order chi connectivity index (χ1) is 17.4. The van der Waals surface area contributed by atoms with Crippen LogP contribution in [0.4, 0.5) is 4.79 Å². The minimum Gasteiger partial charge on any atom is -0.463 e. The molecule has 2 aromatic carbocycles. The predicted molar refractivity (Wildman–Crippen MR) is 127 cm³/mol. The van der Waals surface area contributed by atoms with Crippen molar-refractivity contribution in [2.24, 2.45) is 0 Å². The van der Waals surface area contributed by atoms with E-state index in [-0.39, 0.29) is 43.9 Å². The van der Waals surface area contributed by atoms with Crippen molar-refractivity contribution in [2.45, 2.75) is 25.8 Å². The Morgan fingerprint density at radius 2 is 1.56 bits per heavy atom. The number of fused-ring (bicyclic) bond motifs is 1. The van der Waals surface area contributed by atoms with Crippen molar-refractivity contribution >= 4 is 29.8 Å². The third-order valence-electron chi connectivity index (χ3n) is 5.80. The summed E-state index contributed by atoms with van der Waals surface area (Å²) in [6, 6.07) is 14.1. The van der Waals surface area contributed by atoms with Gasteiger partial charge < -0.3 is 20.1 Å². The fraction of sp³-hybridized carbons (Fsp3) is 0.269. The minimum absolute atomic E-state index is 0.0644. The summed E-state index contributed by atoms with van der Waals surface area (Å²) < 4.78 is 10.5. The zero-order chi connectivity index (χ0) is 25.7. The van der Waals surface area contributed by atoms with Gasteiger partial charge in [0.15, 0.2) is 0 Å². The lowest BCUT2D eigenvalue weighted by Gasteiger charge is -2.29. The molecule has 10 heteroatoms. The molecule has 2 N–H and O–H groups in total. The molecule has 2 aliphatic rings. The van der Waals surface area contributed by atoms with Gasteiger partial charge in [-0.3, -0.25) is 19.3 Å². The molecule has 2 heterocycles. The molecule has 2 aromatic rings. The maximum atomic E-state index is 12.7. The molecule has 1 atom stereocenters. The zero-order valence-corrected chi connectivity index (χ0v) is 19.6. The molecule has 0 saturated carbocycles. The fourth-order valence-electron chi connectivity index (χ4n) is 4.13. The van der Waals surface area contributed by atoms with E-state index in [0.717, 1.165) is 4.90 Å². The molecular formula is C26H25N3O7. The largest absolute Gasteiger partial charge is 0.463 e. The van der Waals surface area contributed by atoms with Gasteiger partial charge in [-0.15, -0.1) is 0 Å². The van der Waals surface area contributed by atoms with Crippen molar-refractivity contribution in [1.82, 2.24) is 15.5 Å². The molecule has 0 aliphatic carbocycles. The summed E-state index contributed by atoms with van der Waals surface area (Å²) in [5.41, 5.74) is 1.62. The summed E-state index contributed by atoms with van der Waals surface area (Å²) in [7, 11) is 0. The van der Waals surface area contributed by atoms with E-state index in [0.29, 0.717) is 16.7 Å². The SMILES string of the molecule is CCOC(=O)C1=C(COC(=O)CCCN2C(=O)c3ccccc3C2=O)NC(=O)NC1c1ccccc1. The third kappa shape index (κ3) is 5.12. The standard InChI is InChI=1S/C26H25N3O7/c1-2-35-25(33)21-19(27-26(34)28-22(21)16-9-4-3-5-10-16)15-36-20(30)13-8-14-29-23(31)17-11-6-7-12-18(17)24(29)32/h3-7,9-12,22H,2,8,13-15H2,1H3,(H2,27,28,34). The molecule has 0 radical (unpaired) electrons. The van der Waals surface area contributed by atoms with Gasteiger partial charge in [0.2, 0.25) is 0 Å². The Morgan fingerprint density at radius 1 is 0.917 bits per heavy atom. The number of amides is 4. The Bertz CT molecular complexity index is 1200. The van der Waals surface area contributed by atoms with Crippen LogP contribution in [0.15, 0.2) is 65.9 Å². The smallest absolute Gasteiger partial charge is 0.338 e. The molecule has 4 amide bonds. The molecule has 2 aliphatic heterocycles. The second-order valence-corrected chi connectivity index (χ2v) is 8.13. The number of rotatable bonds is 9. The zero-order valence-electron chi connectivity index (χ0n) is 19.6. The van der Waals surface area contributed by atoms with Gasteiger partial charge in [-0.2, -0.15) is 0 Å². The van der Waals surface area contributed by atoms with Crippen LogP contribution >= 0.6 is 0 Å². The number of carbonyl (C=O) groups excluding carboxylic acids is 5. The number of imide groups is 1. The van der Waals surface area contributed by atoms with E-state index in [2.05, 4.69) is 10.6 Å². The van der Waals surface area contributed by atoms with Crippen molar-refractivity contribution in [1.29, 1.82) is 0 Å². The van der Waals surface area contributed by atoms with Gasteiger partial charge in [-0.05, 0) is 31.0 Å². The molecule has 0 saturated heterocycles. The summed E-state index contributed by atoms with van der Waals surface area (Å²) in [6.45, 7) is 1.51. The van der Waals surface area contributed by atoms with Gasteiger partial charge in [0.1, 0.15) is 6.61 Å². The van der Waals surface area contributed by atoms with E-state index in [1.807, 2.05) is 6.07 Å². The Kier molecular flexibility index (Phi) is 7.43. The summed E-state index contributed by atoms with van der Waals surface area (Å²) in [5, 5.41) is 5.24. The highest BCUT2D eigenvalue weighted by molar-refractivity contribution is 6.21. The van der Waals surface area contributed by atoms with Crippen molar-refractivity contribution in [3.05, 3.63) is 82.6 Å². The van der Waals surface area contributed by atoms with Crippen molar-refractivity contribution in [3.8, 4) is 0 Å². The third-order valence-corrected chi connectivity index (χ3v) is 5.80. The lowest BCUT2D eigenvalue weighted by Crippen LogP contribution is -2.47. The average molecular weight is 492 g/mol. The first-order valence-electron chi connectivity index (χ1n) is 11.5. The summed E-state index contributed by atoms with van der Waals surface area (Å²) in [4.78, 5) is 63.4. The van der Waals surface area contributed by atoms with E-state index < -0.39 is 35.8 Å². The lowest BCUT2D eigenvalue weighted by molar-refractivity contribution is -0.143. The first kappa shape index (κ1) is 24.6.